The molecule has 0 radical (unpaired) electrons. The first-order valence-electron chi connectivity index (χ1n) is 8.15. The van der Waals surface area contributed by atoms with Gasteiger partial charge in [0.2, 0.25) is 5.90 Å². The molecule has 0 fully saturated rings. The molecule has 2 nitrogen and oxygen atoms in total. The lowest BCUT2D eigenvalue weighted by Crippen LogP contribution is -2.17. The molecule has 3 aromatic carbocycles. The first-order chi connectivity index (χ1) is 11.9. The lowest BCUT2D eigenvalue weighted by Gasteiger charge is -2.14. The van der Waals surface area contributed by atoms with Crippen LogP contribution in [-0.4, -0.2) is 18.0 Å². The third kappa shape index (κ3) is 2.89. The first kappa shape index (κ1) is 16.1. The molecule has 1 aliphatic rings. The molecule has 4 heteroatoms. The Hall–Kier alpha value is -2.39. The van der Waals surface area contributed by atoms with E-state index in [1.807, 2.05) is 44.2 Å². The SMILES string of the molecule is CC1(C)COC(c2c(-c3ccc(F)cc3)cc(Cl)c3ccccc23)=N1. The summed E-state index contributed by atoms with van der Waals surface area (Å²) in [5.41, 5.74) is 2.40. The van der Waals surface area contributed by atoms with Crippen molar-refractivity contribution in [2.75, 3.05) is 6.61 Å². The first-order valence-corrected chi connectivity index (χ1v) is 8.53. The summed E-state index contributed by atoms with van der Waals surface area (Å²) in [7, 11) is 0. The van der Waals surface area contributed by atoms with Crippen molar-refractivity contribution in [1.29, 1.82) is 0 Å². The van der Waals surface area contributed by atoms with E-state index in [4.69, 9.17) is 21.3 Å². The fraction of sp³-hybridized carbons (Fsp3) is 0.190. The van der Waals surface area contributed by atoms with Crippen LogP contribution >= 0.6 is 11.6 Å². The van der Waals surface area contributed by atoms with E-state index in [1.54, 1.807) is 12.1 Å². The fourth-order valence-electron chi connectivity index (χ4n) is 3.13. The van der Waals surface area contributed by atoms with Gasteiger partial charge in [-0.15, -0.1) is 0 Å². The number of rotatable bonds is 2. The average molecular weight is 354 g/mol. The van der Waals surface area contributed by atoms with E-state index < -0.39 is 0 Å². The minimum Gasteiger partial charge on any atom is -0.475 e. The summed E-state index contributed by atoms with van der Waals surface area (Å²) >= 11 is 6.52. The Morgan fingerprint density at radius 1 is 1.04 bits per heavy atom. The second-order valence-corrected chi connectivity index (χ2v) is 7.26. The Balaban J connectivity index is 2.05. The van der Waals surface area contributed by atoms with Crippen LogP contribution in [0.5, 0.6) is 0 Å². The molecule has 1 aliphatic heterocycles. The van der Waals surface area contributed by atoms with E-state index in [-0.39, 0.29) is 11.4 Å². The molecule has 0 amide bonds. The maximum absolute atomic E-state index is 13.4. The van der Waals surface area contributed by atoms with Crippen molar-refractivity contribution in [2.45, 2.75) is 19.4 Å². The molecular formula is C21H17ClFNO. The van der Waals surface area contributed by atoms with Crippen LogP contribution in [0, 0.1) is 5.82 Å². The highest BCUT2D eigenvalue weighted by atomic mass is 35.5. The number of nitrogens with zero attached hydrogens (tertiary/aromatic N) is 1. The zero-order valence-corrected chi connectivity index (χ0v) is 14.8. The second kappa shape index (κ2) is 5.85. The molecule has 126 valence electrons. The summed E-state index contributed by atoms with van der Waals surface area (Å²) < 4.78 is 19.3. The van der Waals surface area contributed by atoms with Gasteiger partial charge in [0.1, 0.15) is 12.4 Å². The zero-order chi connectivity index (χ0) is 17.6. The number of benzene rings is 3. The van der Waals surface area contributed by atoms with Crippen LogP contribution < -0.4 is 0 Å². The molecule has 1 heterocycles. The van der Waals surface area contributed by atoms with Crippen LogP contribution in [0.25, 0.3) is 21.9 Å². The van der Waals surface area contributed by atoms with Crippen molar-refractivity contribution in [2.24, 2.45) is 4.99 Å². The fourth-order valence-corrected chi connectivity index (χ4v) is 3.41. The highest BCUT2D eigenvalue weighted by Gasteiger charge is 2.30. The lowest BCUT2D eigenvalue weighted by molar-refractivity contribution is 0.279. The van der Waals surface area contributed by atoms with E-state index in [9.17, 15) is 4.39 Å². The van der Waals surface area contributed by atoms with E-state index in [2.05, 4.69) is 0 Å². The maximum atomic E-state index is 13.4. The highest BCUT2D eigenvalue weighted by Crippen LogP contribution is 2.37. The zero-order valence-electron chi connectivity index (χ0n) is 14.0. The molecule has 0 saturated heterocycles. The van der Waals surface area contributed by atoms with Gasteiger partial charge >= 0.3 is 0 Å². The highest BCUT2D eigenvalue weighted by molar-refractivity contribution is 6.37. The van der Waals surface area contributed by atoms with Gasteiger partial charge in [0.05, 0.1) is 11.1 Å². The topological polar surface area (TPSA) is 21.6 Å². The van der Waals surface area contributed by atoms with E-state index in [1.165, 1.54) is 12.1 Å². The van der Waals surface area contributed by atoms with Gasteiger partial charge in [-0.3, -0.25) is 0 Å². The van der Waals surface area contributed by atoms with Gasteiger partial charge in [-0.1, -0.05) is 48.0 Å². The third-order valence-corrected chi connectivity index (χ3v) is 4.64. The van der Waals surface area contributed by atoms with Gasteiger partial charge in [-0.2, -0.15) is 0 Å². The van der Waals surface area contributed by atoms with Gasteiger partial charge in [0, 0.05) is 10.4 Å². The average Bonchev–Trinajstić information content (AvgIpc) is 2.95. The Labute approximate surface area is 150 Å². The van der Waals surface area contributed by atoms with Crippen LogP contribution in [0.1, 0.15) is 19.4 Å². The Kier molecular flexibility index (Phi) is 3.77. The van der Waals surface area contributed by atoms with Crippen LogP contribution in [0.2, 0.25) is 5.02 Å². The normalized spacial score (nSPS) is 15.9. The number of aliphatic imine (C=N–C) groups is 1. The summed E-state index contributed by atoms with van der Waals surface area (Å²) in [6.45, 7) is 4.60. The largest absolute Gasteiger partial charge is 0.475 e. The molecule has 25 heavy (non-hydrogen) atoms. The molecule has 0 saturated carbocycles. The predicted molar refractivity (Wildman–Crippen MR) is 101 cm³/mol. The summed E-state index contributed by atoms with van der Waals surface area (Å²) in [6, 6.07) is 16.2. The van der Waals surface area contributed by atoms with Crippen molar-refractivity contribution in [3.63, 3.8) is 0 Å². The van der Waals surface area contributed by atoms with Crippen molar-refractivity contribution < 1.29 is 9.13 Å². The maximum Gasteiger partial charge on any atom is 0.218 e. The van der Waals surface area contributed by atoms with Crippen molar-refractivity contribution >= 4 is 28.3 Å². The van der Waals surface area contributed by atoms with Crippen molar-refractivity contribution in [1.82, 2.24) is 0 Å². The van der Waals surface area contributed by atoms with Crippen LogP contribution in [-0.2, 0) is 4.74 Å². The minimum atomic E-state index is -0.271. The summed E-state index contributed by atoms with van der Waals surface area (Å²) in [4.78, 5) is 4.75. The van der Waals surface area contributed by atoms with Crippen molar-refractivity contribution in [3.05, 3.63) is 71.0 Å². The van der Waals surface area contributed by atoms with Gasteiger partial charge in [-0.05, 0) is 48.6 Å². The minimum absolute atomic E-state index is 0.268. The molecule has 0 spiro atoms. The second-order valence-electron chi connectivity index (χ2n) is 6.85. The molecule has 0 aliphatic carbocycles. The van der Waals surface area contributed by atoms with Crippen LogP contribution in [0.15, 0.2) is 59.6 Å². The number of hydrogen-bond acceptors (Lipinski definition) is 2. The predicted octanol–water partition coefficient (Wildman–Crippen LogP) is 5.85. The molecule has 0 N–H and O–H groups in total. The Morgan fingerprint density at radius 3 is 2.36 bits per heavy atom. The number of hydrogen-bond donors (Lipinski definition) is 0. The molecule has 4 rings (SSSR count). The lowest BCUT2D eigenvalue weighted by atomic mass is 9.93. The Morgan fingerprint density at radius 2 is 1.72 bits per heavy atom. The number of fused-ring (bicyclic) bond motifs is 1. The monoisotopic (exact) mass is 353 g/mol. The number of ether oxygens (including phenoxy) is 1. The smallest absolute Gasteiger partial charge is 0.218 e. The molecule has 0 atom stereocenters. The van der Waals surface area contributed by atoms with E-state index in [0.29, 0.717) is 17.5 Å². The number of halogens is 2. The van der Waals surface area contributed by atoms with E-state index in [0.717, 1.165) is 27.5 Å². The molecule has 3 aromatic rings. The van der Waals surface area contributed by atoms with Gasteiger partial charge in [0.25, 0.3) is 0 Å². The van der Waals surface area contributed by atoms with Gasteiger partial charge in [0.15, 0.2) is 0 Å². The summed E-state index contributed by atoms with van der Waals surface area (Å²) in [5.74, 6) is 0.338. The summed E-state index contributed by atoms with van der Waals surface area (Å²) in [6.07, 6.45) is 0. The molecule has 0 unspecified atom stereocenters. The van der Waals surface area contributed by atoms with Crippen molar-refractivity contribution in [3.8, 4) is 11.1 Å². The molecule has 0 aromatic heterocycles. The Bertz CT molecular complexity index is 993. The molecule has 0 bridgehead atoms. The summed E-state index contributed by atoms with van der Waals surface area (Å²) in [5, 5.41) is 2.57. The molecular weight excluding hydrogens is 337 g/mol. The quantitative estimate of drug-likeness (QED) is 0.566. The van der Waals surface area contributed by atoms with Crippen LogP contribution in [0.3, 0.4) is 0 Å². The van der Waals surface area contributed by atoms with Crippen LogP contribution in [0.4, 0.5) is 4.39 Å². The van der Waals surface area contributed by atoms with Gasteiger partial charge < -0.3 is 4.74 Å². The van der Waals surface area contributed by atoms with Gasteiger partial charge in [-0.25, -0.2) is 9.38 Å². The third-order valence-electron chi connectivity index (χ3n) is 4.33. The van der Waals surface area contributed by atoms with E-state index >= 15 is 0 Å². The standard InChI is InChI=1S/C21H17ClFNO/c1-21(2)12-25-20(24-21)19-16-6-4-3-5-15(16)18(22)11-17(19)13-7-9-14(23)10-8-13/h3-11H,12H2,1-2H3.